The van der Waals surface area contributed by atoms with E-state index in [9.17, 15) is 0 Å². The molecule has 0 aliphatic heterocycles. The van der Waals surface area contributed by atoms with Crippen LogP contribution in [0.4, 0.5) is 0 Å². The van der Waals surface area contributed by atoms with Crippen LogP contribution in [0, 0.1) is 0 Å². The summed E-state index contributed by atoms with van der Waals surface area (Å²) in [5.41, 5.74) is 2.74. The Kier molecular flexibility index (Phi) is 2.15. The lowest BCUT2D eigenvalue weighted by atomic mass is 9.96. The third-order valence-electron chi connectivity index (χ3n) is 2.05. The zero-order valence-electron chi connectivity index (χ0n) is 6.65. The zero-order valence-corrected chi connectivity index (χ0v) is 6.65. The van der Waals surface area contributed by atoms with Crippen LogP contribution in [0.25, 0.3) is 0 Å². The van der Waals surface area contributed by atoms with Crippen molar-refractivity contribution < 1.29 is 5.11 Å². The van der Waals surface area contributed by atoms with Gasteiger partial charge in [-0.3, -0.25) is 0 Å². The molecule has 0 heterocycles. The lowest BCUT2D eigenvalue weighted by molar-refractivity contribution is 0.383. The van der Waals surface area contributed by atoms with E-state index in [2.05, 4.69) is 13.8 Å². The molecule has 1 heteroatoms. The van der Waals surface area contributed by atoms with Gasteiger partial charge in [-0.25, -0.2) is 0 Å². The van der Waals surface area contributed by atoms with Gasteiger partial charge in [0.25, 0.3) is 0 Å². The maximum absolute atomic E-state index is 9.12. The van der Waals surface area contributed by atoms with E-state index in [-0.39, 0.29) is 0 Å². The fourth-order valence-electron chi connectivity index (χ4n) is 1.36. The smallest absolute Gasteiger partial charge is 0.0928 e. The number of aliphatic hydroxyl groups excluding tert-OH is 1. The average Bonchev–Trinajstić information content (AvgIpc) is 1.88. The van der Waals surface area contributed by atoms with Crippen LogP contribution < -0.4 is 0 Å². The molecule has 0 bridgehead atoms. The maximum atomic E-state index is 9.12. The van der Waals surface area contributed by atoms with Crippen molar-refractivity contribution in [2.45, 2.75) is 33.1 Å². The van der Waals surface area contributed by atoms with Gasteiger partial charge >= 0.3 is 0 Å². The van der Waals surface area contributed by atoms with E-state index < -0.39 is 0 Å². The van der Waals surface area contributed by atoms with E-state index >= 15 is 0 Å². The van der Waals surface area contributed by atoms with E-state index in [1.807, 2.05) is 6.08 Å². The summed E-state index contributed by atoms with van der Waals surface area (Å²) in [5.74, 6) is 0.537. The monoisotopic (exact) mass is 138 g/mol. The molecule has 0 amide bonds. The Hall–Kier alpha value is -0.720. The molecule has 1 rings (SSSR count). The van der Waals surface area contributed by atoms with Crippen molar-refractivity contribution >= 4 is 0 Å². The predicted molar refractivity (Wildman–Crippen MR) is 42.9 cm³/mol. The van der Waals surface area contributed by atoms with Gasteiger partial charge in [0.2, 0.25) is 0 Å². The molecule has 1 N–H and O–H groups in total. The van der Waals surface area contributed by atoms with Gasteiger partial charge in [-0.2, -0.15) is 0 Å². The normalized spacial score (nSPS) is 19.2. The SMILES string of the molecule is CCC1=C(C)C=C(O)CC1. The second-order valence-electron chi connectivity index (χ2n) is 2.78. The molecule has 1 aliphatic rings. The predicted octanol–water partition coefficient (Wildman–Crippen LogP) is 2.95. The summed E-state index contributed by atoms with van der Waals surface area (Å²) in [6, 6.07) is 0. The third kappa shape index (κ3) is 1.41. The van der Waals surface area contributed by atoms with Crippen LogP contribution in [0.5, 0.6) is 0 Å². The van der Waals surface area contributed by atoms with Crippen LogP contribution in [0.15, 0.2) is 23.0 Å². The van der Waals surface area contributed by atoms with Gasteiger partial charge < -0.3 is 5.11 Å². The molecule has 1 aliphatic carbocycles. The number of rotatable bonds is 1. The van der Waals surface area contributed by atoms with Gasteiger partial charge in [-0.1, -0.05) is 12.5 Å². The number of aliphatic hydroxyl groups is 1. The highest BCUT2D eigenvalue weighted by Crippen LogP contribution is 2.23. The van der Waals surface area contributed by atoms with Crippen LogP contribution in [0.2, 0.25) is 0 Å². The molecule has 0 aromatic heterocycles. The minimum atomic E-state index is 0.537. The summed E-state index contributed by atoms with van der Waals surface area (Å²) in [7, 11) is 0. The number of allylic oxidation sites excluding steroid dienone is 4. The highest BCUT2D eigenvalue weighted by molar-refractivity contribution is 5.29. The molecule has 0 unspecified atom stereocenters. The van der Waals surface area contributed by atoms with Crippen molar-refractivity contribution in [2.24, 2.45) is 0 Å². The second-order valence-corrected chi connectivity index (χ2v) is 2.78. The molecule has 0 saturated carbocycles. The molecule has 0 saturated heterocycles. The van der Waals surface area contributed by atoms with Crippen LogP contribution >= 0.6 is 0 Å². The molecule has 0 fully saturated rings. The largest absolute Gasteiger partial charge is 0.512 e. The van der Waals surface area contributed by atoms with Gasteiger partial charge in [-0.15, -0.1) is 0 Å². The molecule has 10 heavy (non-hydrogen) atoms. The van der Waals surface area contributed by atoms with Crippen molar-refractivity contribution in [1.82, 2.24) is 0 Å². The van der Waals surface area contributed by atoms with Gasteiger partial charge in [0.15, 0.2) is 0 Å². The molecular weight excluding hydrogens is 124 g/mol. The summed E-state index contributed by atoms with van der Waals surface area (Å²) in [6.45, 7) is 4.23. The summed E-state index contributed by atoms with van der Waals surface area (Å²) in [4.78, 5) is 0. The first-order chi connectivity index (χ1) is 4.74. The van der Waals surface area contributed by atoms with Crippen molar-refractivity contribution in [2.75, 3.05) is 0 Å². The minimum absolute atomic E-state index is 0.537. The summed E-state index contributed by atoms with van der Waals surface area (Å²) in [5, 5.41) is 9.12. The van der Waals surface area contributed by atoms with Crippen molar-refractivity contribution in [3.05, 3.63) is 23.0 Å². The van der Waals surface area contributed by atoms with Crippen LogP contribution in [-0.2, 0) is 0 Å². The van der Waals surface area contributed by atoms with Gasteiger partial charge in [-0.05, 0) is 31.4 Å². The number of hydrogen-bond acceptors (Lipinski definition) is 1. The van der Waals surface area contributed by atoms with E-state index in [4.69, 9.17) is 5.11 Å². The zero-order chi connectivity index (χ0) is 7.56. The Morgan fingerprint density at radius 2 is 2.20 bits per heavy atom. The van der Waals surface area contributed by atoms with Crippen LogP contribution in [0.1, 0.15) is 33.1 Å². The molecular formula is C9H14O. The average molecular weight is 138 g/mol. The van der Waals surface area contributed by atoms with Gasteiger partial charge in [0, 0.05) is 6.42 Å². The molecule has 56 valence electrons. The van der Waals surface area contributed by atoms with Gasteiger partial charge in [0.05, 0.1) is 5.76 Å². The Morgan fingerprint density at radius 1 is 1.50 bits per heavy atom. The minimum Gasteiger partial charge on any atom is -0.512 e. The molecule has 0 aromatic rings. The lowest BCUT2D eigenvalue weighted by Gasteiger charge is -2.12. The van der Waals surface area contributed by atoms with E-state index in [1.165, 1.54) is 11.1 Å². The van der Waals surface area contributed by atoms with E-state index in [1.54, 1.807) is 0 Å². The Labute approximate surface area is 62.1 Å². The van der Waals surface area contributed by atoms with E-state index in [0.717, 1.165) is 19.3 Å². The number of hydrogen-bond donors (Lipinski definition) is 1. The third-order valence-corrected chi connectivity index (χ3v) is 2.05. The summed E-state index contributed by atoms with van der Waals surface area (Å²) in [6.07, 6.45) is 4.88. The van der Waals surface area contributed by atoms with Crippen molar-refractivity contribution in [3.8, 4) is 0 Å². The Balaban J connectivity index is 2.80. The second kappa shape index (κ2) is 2.91. The van der Waals surface area contributed by atoms with E-state index in [0.29, 0.717) is 5.76 Å². The topological polar surface area (TPSA) is 20.2 Å². The van der Waals surface area contributed by atoms with Crippen LogP contribution in [-0.4, -0.2) is 5.11 Å². The Bertz CT molecular complexity index is 187. The highest BCUT2D eigenvalue weighted by Gasteiger charge is 2.06. The van der Waals surface area contributed by atoms with Gasteiger partial charge in [0.1, 0.15) is 0 Å². The molecule has 1 nitrogen and oxygen atoms in total. The van der Waals surface area contributed by atoms with Crippen molar-refractivity contribution in [3.63, 3.8) is 0 Å². The first-order valence-electron chi connectivity index (χ1n) is 3.82. The molecule has 0 radical (unpaired) electrons. The molecule has 0 atom stereocenters. The Morgan fingerprint density at radius 3 is 2.70 bits per heavy atom. The lowest BCUT2D eigenvalue weighted by Crippen LogP contribution is -1.95. The fourth-order valence-corrected chi connectivity index (χ4v) is 1.36. The van der Waals surface area contributed by atoms with Crippen LogP contribution in [0.3, 0.4) is 0 Å². The standard InChI is InChI=1S/C9H14O/c1-3-8-4-5-9(10)6-7(8)2/h6,10H,3-5H2,1-2H3. The first kappa shape index (κ1) is 7.39. The molecule has 0 spiro atoms. The fraction of sp³-hybridized carbons (Fsp3) is 0.556. The molecule has 0 aromatic carbocycles. The van der Waals surface area contributed by atoms with Crippen molar-refractivity contribution in [1.29, 1.82) is 0 Å². The summed E-state index contributed by atoms with van der Waals surface area (Å²) >= 11 is 0. The quantitative estimate of drug-likeness (QED) is 0.590. The summed E-state index contributed by atoms with van der Waals surface area (Å²) < 4.78 is 0. The highest BCUT2D eigenvalue weighted by atomic mass is 16.3. The maximum Gasteiger partial charge on any atom is 0.0928 e. The first-order valence-corrected chi connectivity index (χ1v) is 3.82.